The van der Waals surface area contributed by atoms with Crippen LogP contribution in [0.1, 0.15) is 26.3 Å². The van der Waals surface area contributed by atoms with Gasteiger partial charge in [-0.3, -0.25) is 29.8 Å². The largest absolute Gasteiger partial charge is 0.322 e. The summed E-state index contributed by atoms with van der Waals surface area (Å²) in [6, 6.07) is 24.3. The Morgan fingerprint density at radius 2 is 1.15 bits per heavy atom. The van der Waals surface area contributed by atoms with Crippen molar-refractivity contribution in [1.82, 2.24) is 0 Å². The van der Waals surface area contributed by atoms with Gasteiger partial charge in [-0.05, 0) is 66.7 Å². The summed E-state index contributed by atoms with van der Waals surface area (Å²) >= 11 is 1.32. The molecule has 11 nitrogen and oxygen atoms in total. The molecule has 39 heavy (non-hydrogen) atoms. The zero-order chi connectivity index (χ0) is 27.9. The summed E-state index contributed by atoms with van der Waals surface area (Å²) in [5, 5.41) is 36.6. The second-order valence-corrected chi connectivity index (χ2v) is 9.08. The summed E-state index contributed by atoms with van der Waals surface area (Å²) < 4.78 is 0. The summed E-state index contributed by atoms with van der Waals surface area (Å²) in [6.45, 7) is 0. The maximum absolute atomic E-state index is 12.5. The smallest absolute Gasteiger partial charge is 0.269 e. The predicted octanol–water partition coefficient (Wildman–Crippen LogP) is 6.03. The molecule has 0 aliphatic heterocycles. The number of benzene rings is 4. The first-order valence-electron chi connectivity index (χ1n) is 11.2. The molecule has 4 rings (SSSR count). The maximum atomic E-state index is 12.5. The molecule has 0 spiro atoms. The van der Waals surface area contributed by atoms with E-state index in [0.717, 1.165) is 4.90 Å². The molecule has 4 aromatic rings. The number of hydrogen-bond acceptors (Lipinski definition) is 8. The van der Waals surface area contributed by atoms with Gasteiger partial charge in [-0.1, -0.05) is 11.8 Å². The van der Waals surface area contributed by atoms with Gasteiger partial charge < -0.3 is 10.6 Å². The molecule has 0 atom stereocenters. The van der Waals surface area contributed by atoms with Crippen LogP contribution in [0.2, 0.25) is 0 Å². The predicted molar refractivity (Wildman–Crippen MR) is 144 cm³/mol. The van der Waals surface area contributed by atoms with Gasteiger partial charge in [0.25, 0.3) is 23.2 Å². The first-order valence-corrected chi connectivity index (χ1v) is 12.0. The number of non-ortho nitro benzene ring substituents is 2. The van der Waals surface area contributed by atoms with Crippen molar-refractivity contribution in [1.29, 1.82) is 5.26 Å². The molecule has 0 aromatic heterocycles. The number of nitriles is 1. The van der Waals surface area contributed by atoms with E-state index < -0.39 is 21.7 Å². The molecule has 0 radical (unpaired) electrons. The van der Waals surface area contributed by atoms with Crippen LogP contribution in [-0.4, -0.2) is 21.7 Å². The SMILES string of the molecule is N#Cc1cc(NC(=O)c2ccc([N+](=O)[O-])cc2)ccc1Sc1ccc(NC(=O)c2ccc([N+](=O)[O-])cc2)cc1. The van der Waals surface area contributed by atoms with Gasteiger partial charge in [0, 0.05) is 56.6 Å². The van der Waals surface area contributed by atoms with E-state index in [1.165, 1.54) is 66.4 Å². The number of nitro groups is 2. The Balaban J connectivity index is 1.39. The summed E-state index contributed by atoms with van der Waals surface area (Å²) in [7, 11) is 0. The lowest BCUT2D eigenvalue weighted by molar-refractivity contribution is -0.385. The van der Waals surface area contributed by atoms with Crippen molar-refractivity contribution >= 4 is 46.3 Å². The molecule has 192 valence electrons. The van der Waals surface area contributed by atoms with E-state index in [1.807, 2.05) is 0 Å². The molecule has 0 aliphatic carbocycles. The minimum atomic E-state index is -0.553. The first-order chi connectivity index (χ1) is 18.7. The Labute approximate surface area is 225 Å². The van der Waals surface area contributed by atoms with Gasteiger partial charge >= 0.3 is 0 Å². The molecule has 0 aliphatic rings. The second kappa shape index (κ2) is 11.7. The normalized spacial score (nSPS) is 10.2. The van der Waals surface area contributed by atoms with Gasteiger partial charge in [-0.25, -0.2) is 0 Å². The minimum Gasteiger partial charge on any atom is -0.322 e. The summed E-state index contributed by atoms with van der Waals surface area (Å²) in [5.74, 6) is -0.885. The molecule has 0 fully saturated rings. The summed E-state index contributed by atoms with van der Waals surface area (Å²) in [5.41, 5.74) is 1.52. The fraction of sp³-hybridized carbons (Fsp3) is 0. The third-order valence-corrected chi connectivity index (χ3v) is 6.46. The van der Waals surface area contributed by atoms with E-state index in [-0.39, 0.29) is 22.5 Å². The molecule has 0 saturated heterocycles. The standard InChI is InChI=1S/C27H17N5O6S/c28-16-19-15-21(30-27(34)18-3-10-23(11-4-18)32(37)38)7-14-25(19)39-24-12-5-20(6-13-24)29-26(33)17-1-8-22(9-2-17)31(35)36/h1-15H,(H,29,33)(H,30,34). The van der Waals surface area contributed by atoms with E-state index in [0.29, 0.717) is 21.8 Å². The Morgan fingerprint density at radius 1 is 0.692 bits per heavy atom. The average Bonchev–Trinajstić information content (AvgIpc) is 2.94. The number of hydrogen-bond donors (Lipinski definition) is 2. The van der Waals surface area contributed by atoms with Gasteiger partial charge in [-0.2, -0.15) is 5.26 Å². The molecule has 2 amide bonds. The molecule has 4 aromatic carbocycles. The second-order valence-electron chi connectivity index (χ2n) is 7.97. The number of amides is 2. The highest BCUT2D eigenvalue weighted by Gasteiger charge is 2.13. The average molecular weight is 540 g/mol. The minimum absolute atomic E-state index is 0.107. The molecular formula is C27H17N5O6S. The Morgan fingerprint density at radius 3 is 1.62 bits per heavy atom. The lowest BCUT2D eigenvalue weighted by atomic mass is 10.1. The molecule has 0 bridgehead atoms. The van der Waals surface area contributed by atoms with Crippen molar-refractivity contribution in [2.75, 3.05) is 10.6 Å². The lowest BCUT2D eigenvalue weighted by Crippen LogP contribution is -2.12. The van der Waals surface area contributed by atoms with E-state index in [4.69, 9.17) is 0 Å². The van der Waals surface area contributed by atoms with Crippen LogP contribution >= 0.6 is 11.8 Å². The van der Waals surface area contributed by atoms with Gasteiger partial charge in [0.15, 0.2) is 0 Å². The van der Waals surface area contributed by atoms with Gasteiger partial charge in [0.2, 0.25) is 0 Å². The fourth-order valence-electron chi connectivity index (χ4n) is 3.39. The highest BCUT2D eigenvalue weighted by molar-refractivity contribution is 7.99. The summed E-state index contributed by atoms with van der Waals surface area (Å²) in [6.07, 6.45) is 0. The van der Waals surface area contributed by atoms with Crippen molar-refractivity contribution in [2.45, 2.75) is 9.79 Å². The number of rotatable bonds is 8. The molecule has 0 saturated carbocycles. The van der Waals surface area contributed by atoms with E-state index in [2.05, 4.69) is 16.7 Å². The Hall–Kier alpha value is -5.54. The molecule has 0 heterocycles. The van der Waals surface area contributed by atoms with Crippen LogP contribution < -0.4 is 10.6 Å². The monoisotopic (exact) mass is 539 g/mol. The van der Waals surface area contributed by atoms with E-state index in [9.17, 15) is 35.1 Å². The van der Waals surface area contributed by atoms with Crippen molar-refractivity contribution in [3.05, 3.63) is 128 Å². The number of nitrogens with one attached hydrogen (secondary N) is 2. The number of carbonyl (C=O) groups excluding carboxylic acids is 2. The molecule has 12 heteroatoms. The first kappa shape index (κ1) is 26.5. The third-order valence-electron chi connectivity index (χ3n) is 5.38. The van der Waals surface area contributed by atoms with Crippen molar-refractivity contribution < 1.29 is 19.4 Å². The van der Waals surface area contributed by atoms with E-state index in [1.54, 1.807) is 36.4 Å². The van der Waals surface area contributed by atoms with Crippen LogP contribution in [0.25, 0.3) is 0 Å². The van der Waals surface area contributed by atoms with Crippen molar-refractivity contribution in [3.63, 3.8) is 0 Å². The Bertz CT molecular complexity index is 1610. The zero-order valence-corrected chi connectivity index (χ0v) is 20.7. The lowest BCUT2D eigenvalue weighted by Gasteiger charge is -2.10. The molecular weight excluding hydrogens is 522 g/mol. The zero-order valence-electron chi connectivity index (χ0n) is 19.9. The highest BCUT2D eigenvalue weighted by Crippen LogP contribution is 2.32. The third kappa shape index (κ3) is 6.62. The Kier molecular flexibility index (Phi) is 7.94. The van der Waals surface area contributed by atoms with Crippen molar-refractivity contribution in [2.24, 2.45) is 0 Å². The van der Waals surface area contributed by atoms with Gasteiger partial charge in [0.05, 0.1) is 15.4 Å². The van der Waals surface area contributed by atoms with Crippen LogP contribution in [0, 0.1) is 31.6 Å². The number of nitrogens with zero attached hydrogens (tertiary/aromatic N) is 3. The van der Waals surface area contributed by atoms with Gasteiger partial charge in [-0.15, -0.1) is 0 Å². The van der Waals surface area contributed by atoms with E-state index >= 15 is 0 Å². The summed E-state index contributed by atoms with van der Waals surface area (Å²) in [4.78, 5) is 46.8. The van der Waals surface area contributed by atoms with Crippen molar-refractivity contribution in [3.8, 4) is 6.07 Å². The topological polar surface area (TPSA) is 168 Å². The molecule has 2 N–H and O–H groups in total. The van der Waals surface area contributed by atoms with Crippen LogP contribution in [0.4, 0.5) is 22.7 Å². The highest BCUT2D eigenvalue weighted by atomic mass is 32.2. The number of anilines is 2. The van der Waals surface area contributed by atoms with Crippen LogP contribution in [-0.2, 0) is 0 Å². The van der Waals surface area contributed by atoms with Crippen LogP contribution in [0.15, 0.2) is 101 Å². The van der Waals surface area contributed by atoms with Gasteiger partial charge in [0.1, 0.15) is 6.07 Å². The van der Waals surface area contributed by atoms with Crippen LogP contribution in [0.3, 0.4) is 0 Å². The maximum Gasteiger partial charge on any atom is 0.269 e. The molecule has 0 unspecified atom stereocenters. The van der Waals surface area contributed by atoms with Crippen LogP contribution in [0.5, 0.6) is 0 Å². The fourth-order valence-corrected chi connectivity index (χ4v) is 4.27. The number of nitro benzene ring substituents is 2. The quantitative estimate of drug-likeness (QED) is 0.202. The number of carbonyl (C=O) groups is 2.